The molecule has 2 rings (SSSR count). The van der Waals surface area contributed by atoms with Gasteiger partial charge in [0.1, 0.15) is 5.75 Å². The Kier molecular flexibility index (Phi) is 4.85. The van der Waals surface area contributed by atoms with E-state index in [1.165, 1.54) is 0 Å². The average molecular weight is 350 g/mol. The first-order chi connectivity index (χ1) is 10.0. The zero-order chi connectivity index (χ0) is 15.4. The van der Waals surface area contributed by atoms with Crippen molar-refractivity contribution in [2.24, 2.45) is 0 Å². The van der Waals surface area contributed by atoms with Crippen LogP contribution in [0, 0.1) is 0 Å². The Labute approximate surface area is 132 Å². The molecule has 0 unspecified atom stereocenters. The van der Waals surface area contributed by atoms with E-state index in [2.05, 4.69) is 15.9 Å². The highest BCUT2D eigenvalue weighted by Gasteiger charge is 2.11. The van der Waals surface area contributed by atoms with Crippen molar-refractivity contribution in [3.63, 3.8) is 0 Å². The highest BCUT2D eigenvalue weighted by Crippen LogP contribution is 2.26. The number of hydrogen-bond acceptors (Lipinski definition) is 3. The summed E-state index contributed by atoms with van der Waals surface area (Å²) >= 11 is 3.30. The maximum Gasteiger partial charge on any atom is 0.336 e. The van der Waals surface area contributed by atoms with Crippen LogP contribution in [0.15, 0.2) is 46.9 Å². The Balaban J connectivity index is 2.22. The topological polar surface area (TPSA) is 49.8 Å². The first-order valence-corrected chi connectivity index (χ1v) is 7.18. The number of hydrogen-bond donors (Lipinski definition) is 1. The maximum absolute atomic E-state index is 11.0. The molecule has 2 aromatic carbocycles. The number of halogens is 1. The molecule has 0 amide bonds. The summed E-state index contributed by atoms with van der Waals surface area (Å²) in [5.74, 6) is -0.105. The van der Waals surface area contributed by atoms with Gasteiger partial charge in [0.05, 0.1) is 12.7 Å². The minimum absolute atomic E-state index is 0.254. The van der Waals surface area contributed by atoms with E-state index in [9.17, 15) is 4.79 Å². The first-order valence-electron chi connectivity index (χ1n) is 6.39. The molecule has 5 heteroatoms. The van der Waals surface area contributed by atoms with E-state index in [0.29, 0.717) is 11.0 Å². The van der Waals surface area contributed by atoms with Gasteiger partial charge in [-0.3, -0.25) is 0 Å². The van der Waals surface area contributed by atoms with Gasteiger partial charge in [-0.2, -0.15) is 0 Å². The molecule has 0 aliphatic rings. The predicted octanol–water partition coefficient (Wildman–Crippen LogP) is 3.79. The zero-order valence-corrected chi connectivity index (χ0v) is 13.4. The third-order valence-electron chi connectivity index (χ3n) is 3.22. The van der Waals surface area contributed by atoms with Crippen LogP contribution in [-0.2, 0) is 6.54 Å². The van der Waals surface area contributed by atoms with Crippen LogP contribution in [0.5, 0.6) is 5.75 Å². The molecular formula is C16H16BrNO3. The SMILES string of the molecule is COc1ccccc1CN(C)c1ccc(C(=O)O)c(Br)c1. The molecule has 2 aromatic rings. The predicted molar refractivity (Wildman–Crippen MR) is 86.2 cm³/mol. The molecule has 0 radical (unpaired) electrons. The monoisotopic (exact) mass is 349 g/mol. The van der Waals surface area contributed by atoms with Crippen molar-refractivity contribution in [2.45, 2.75) is 6.54 Å². The van der Waals surface area contributed by atoms with Crippen LogP contribution in [0.25, 0.3) is 0 Å². The van der Waals surface area contributed by atoms with Gasteiger partial charge in [0.25, 0.3) is 0 Å². The van der Waals surface area contributed by atoms with Gasteiger partial charge >= 0.3 is 5.97 Å². The second-order valence-electron chi connectivity index (χ2n) is 4.64. The first kappa shape index (κ1) is 15.4. The number of para-hydroxylation sites is 1. The number of methoxy groups -OCH3 is 1. The summed E-state index contributed by atoms with van der Waals surface area (Å²) in [5.41, 5.74) is 2.25. The molecule has 21 heavy (non-hydrogen) atoms. The molecule has 0 spiro atoms. The molecule has 110 valence electrons. The molecule has 0 saturated carbocycles. The van der Waals surface area contributed by atoms with Crippen LogP contribution in [0.1, 0.15) is 15.9 Å². The maximum atomic E-state index is 11.0. The number of rotatable bonds is 5. The quantitative estimate of drug-likeness (QED) is 0.891. The lowest BCUT2D eigenvalue weighted by molar-refractivity contribution is 0.0696. The normalized spacial score (nSPS) is 10.2. The summed E-state index contributed by atoms with van der Waals surface area (Å²) in [5, 5.41) is 9.04. The number of carboxylic acid groups (broad SMARTS) is 1. The standard InChI is InChI=1S/C16H16BrNO3/c1-18(10-11-5-3-4-6-15(11)21-2)12-7-8-13(16(19)20)14(17)9-12/h3-9H,10H2,1-2H3,(H,19,20). The van der Waals surface area contributed by atoms with E-state index >= 15 is 0 Å². The zero-order valence-electron chi connectivity index (χ0n) is 11.8. The summed E-state index contributed by atoms with van der Waals surface area (Å²) in [6.45, 7) is 0.670. The molecule has 0 bridgehead atoms. The fourth-order valence-corrected chi connectivity index (χ4v) is 2.63. The van der Waals surface area contributed by atoms with E-state index in [-0.39, 0.29) is 5.56 Å². The number of benzene rings is 2. The summed E-state index contributed by atoms with van der Waals surface area (Å²) < 4.78 is 5.91. The lowest BCUT2D eigenvalue weighted by Gasteiger charge is -2.21. The summed E-state index contributed by atoms with van der Waals surface area (Å²) in [7, 11) is 3.60. The van der Waals surface area contributed by atoms with E-state index in [1.807, 2.05) is 36.2 Å². The Morgan fingerprint density at radius 3 is 2.62 bits per heavy atom. The van der Waals surface area contributed by atoms with Crippen LogP contribution in [-0.4, -0.2) is 25.2 Å². The van der Waals surface area contributed by atoms with Crippen molar-refractivity contribution in [2.75, 3.05) is 19.1 Å². The molecule has 0 atom stereocenters. The van der Waals surface area contributed by atoms with Crippen LogP contribution in [0.3, 0.4) is 0 Å². The van der Waals surface area contributed by atoms with E-state index in [1.54, 1.807) is 25.3 Å². The van der Waals surface area contributed by atoms with Crippen molar-refractivity contribution >= 4 is 27.6 Å². The Morgan fingerprint density at radius 1 is 1.29 bits per heavy atom. The smallest absolute Gasteiger partial charge is 0.336 e. The third kappa shape index (κ3) is 3.55. The lowest BCUT2D eigenvalue weighted by Crippen LogP contribution is -2.17. The second kappa shape index (κ2) is 6.63. The van der Waals surface area contributed by atoms with Crippen LogP contribution in [0.2, 0.25) is 0 Å². The van der Waals surface area contributed by atoms with Crippen molar-refractivity contribution in [3.8, 4) is 5.75 Å². The van der Waals surface area contributed by atoms with Crippen molar-refractivity contribution in [3.05, 3.63) is 58.1 Å². The number of anilines is 1. The van der Waals surface area contributed by atoms with Gasteiger partial charge in [0.2, 0.25) is 0 Å². The molecule has 0 heterocycles. The highest BCUT2D eigenvalue weighted by atomic mass is 79.9. The molecule has 4 nitrogen and oxygen atoms in total. The summed E-state index contributed by atoms with van der Waals surface area (Å²) in [6.07, 6.45) is 0. The number of carbonyl (C=O) groups is 1. The van der Waals surface area contributed by atoms with Gasteiger partial charge < -0.3 is 14.7 Å². The lowest BCUT2D eigenvalue weighted by atomic mass is 10.1. The van der Waals surface area contributed by atoms with E-state index in [0.717, 1.165) is 17.0 Å². The molecule has 0 saturated heterocycles. The van der Waals surface area contributed by atoms with Gasteiger partial charge in [-0.25, -0.2) is 4.79 Å². The number of aromatic carboxylic acids is 1. The van der Waals surface area contributed by atoms with Crippen molar-refractivity contribution in [1.29, 1.82) is 0 Å². The van der Waals surface area contributed by atoms with E-state index in [4.69, 9.17) is 9.84 Å². The van der Waals surface area contributed by atoms with Crippen LogP contribution >= 0.6 is 15.9 Å². The van der Waals surface area contributed by atoms with E-state index < -0.39 is 5.97 Å². The minimum atomic E-state index is -0.944. The summed E-state index contributed by atoms with van der Waals surface area (Å²) in [4.78, 5) is 13.1. The van der Waals surface area contributed by atoms with Crippen molar-refractivity contribution in [1.82, 2.24) is 0 Å². The Hall–Kier alpha value is -2.01. The average Bonchev–Trinajstić information content (AvgIpc) is 2.47. The third-order valence-corrected chi connectivity index (χ3v) is 3.88. The second-order valence-corrected chi connectivity index (χ2v) is 5.49. The van der Waals surface area contributed by atoms with Gasteiger partial charge in [0.15, 0.2) is 0 Å². The van der Waals surface area contributed by atoms with Crippen molar-refractivity contribution < 1.29 is 14.6 Å². The fourth-order valence-electron chi connectivity index (χ4n) is 2.10. The minimum Gasteiger partial charge on any atom is -0.496 e. The molecule has 0 fully saturated rings. The Bertz CT molecular complexity index is 658. The molecule has 0 aromatic heterocycles. The number of ether oxygens (including phenoxy) is 1. The van der Waals surface area contributed by atoms with Crippen LogP contribution in [0.4, 0.5) is 5.69 Å². The number of nitrogens with zero attached hydrogens (tertiary/aromatic N) is 1. The molecule has 1 N–H and O–H groups in total. The summed E-state index contributed by atoms with van der Waals surface area (Å²) in [6, 6.07) is 13.0. The van der Waals surface area contributed by atoms with Gasteiger partial charge in [-0.15, -0.1) is 0 Å². The van der Waals surface area contributed by atoms with Gasteiger partial charge in [0, 0.05) is 29.3 Å². The molecule has 0 aliphatic heterocycles. The largest absolute Gasteiger partial charge is 0.496 e. The van der Waals surface area contributed by atoms with Gasteiger partial charge in [-0.1, -0.05) is 18.2 Å². The Morgan fingerprint density at radius 2 is 2.00 bits per heavy atom. The van der Waals surface area contributed by atoms with Gasteiger partial charge in [-0.05, 0) is 40.2 Å². The molecular weight excluding hydrogens is 334 g/mol. The molecule has 0 aliphatic carbocycles. The fraction of sp³-hybridized carbons (Fsp3) is 0.188. The highest BCUT2D eigenvalue weighted by molar-refractivity contribution is 9.10. The number of carboxylic acids is 1. The van der Waals surface area contributed by atoms with Crippen LogP contribution < -0.4 is 9.64 Å².